The first kappa shape index (κ1) is 11.6. The third-order valence-corrected chi connectivity index (χ3v) is 3.96. The van der Waals surface area contributed by atoms with Gasteiger partial charge in [0.2, 0.25) is 0 Å². The van der Waals surface area contributed by atoms with Crippen molar-refractivity contribution < 1.29 is 4.79 Å². The SMILES string of the molecule is CN(C)/C=C1\CNCCC12CCC(=O)CC2. The molecule has 2 rings (SSSR count). The molecule has 0 aromatic rings. The first-order valence-electron chi connectivity index (χ1n) is 6.22. The fourth-order valence-corrected chi connectivity index (χ4v) is 2.97. The highest BCUT2D eigenvalue weighted by Gasteiger charge is 2.39. The third kappa shape index (κ3) is 2.29. The Morgan fingerprint density at radius 3 is 2.56 bits per heavy atom. The van der Waals surface area contributed by atoms with E-state index in [2.05, 4.69) is 30.5 Å². The van der Waals surface area contributed by atoms with E-state index in [1.807, 2.05) is 0 Å². The van der Waals surface area contributed by atoms with E-state index in [1.54, 1.807) is 0 Å². The summed E-state index contributed by atoms with van der Waals surface area (Å²) in [6.07, 6.45) is 7.14. The minimum atomic E-state index is 0.323. The Morgan fingerprint density at radius 1 is 1.25 bits per heavy atom. The Kier molecular flexibility index (Phi) is 3.33. The summed E-state index contributed by atoms with van der Waals surface area (Å²) in [5.41, 5.74) is 1.82. The number of nitrogens with one attached hydrogen (secondary N) is 1. The fraction of sp³-hybridized carbons (Fsp3) is 0.769. The normalized spacial score (nSPS) is 27.4. The van der Waals surface area contributed by atoms with Gasteiger partial charge >= 0.3 is 0 Å². The standard InChI is InChI=1S/C13H22N2O/c1-15(2)10-11-9-14-8-7-13(11)5-3-12(16)4-6-13/h10,14H,3-9H2,1-2H3/b11-10+. The predicted octanol–water partition coefficient (Wildman–Crippen LogP) is 1.55. The van der Waals surface area contributed by atoms with Crippen LogP contribution in [0, 0.1) is 5.41 Å². The molecular weight excluding hydrogens is 200 g/mol. The molecule has 0 radical (unpaired) electrons. The molecule has 0 unspecified atom stereocenters. The predicted molar refractivity (Wildman–Crippen MR) is 65.2 cm³/mol. The van der Waals surface area contributed by atoms with Crippen molar-refractivity contribution in [1.82, 2.24) is 10.2 Å². The average molecular weight is 222 g/mol. The summed E-state index contributed by atoms with van der Waals surface area (Å²) >= 11 is 0. The van der Waals surface area contributed by atoms with Gasteiger partial charge in [0.15, 0.2) is 0 Å². The number of Topliss-reactive ketones (excluding diaryl/α,β-unsaturated/α-hetero) is 1. The van der Waals surface area contributed by atoms with Gasteiger partial charge in [0.25, 0.3) is 0 Å². The molecule has 0 amide bonds. The Balaban J connectivity index is 2.18. The maximum Gasteiger partial charge on any atom is 0.132 e. The van der Waals surface area contributed by atoms with Gasteiger partial charge in [0.05, 0.1) is 0 Å². The minimum absolute atomic E-state index is 0.323. The molecule has 0 atom stereocenters. The molecule has 1 spiro atoms. The zero-order chi connectivity index (χ0) is 11.6. The summed E-state index contributed by atoms with van der Waals surface area (Å²) < 4.78 is 0. The van der Waals surface area contributed by atoms with Crippen LogP contribution in [-0.2, 0) is 4.79 Å². The maximum atomic E-state index is 11.4. The number of nitrogens with zero attached hydrogens (tertiary/aromatic N) is 1. The average Bonchev–Trinajstić information content (AvgIpc) is 2.25. The summed E-state index contributed by atoms with van der Waals surface area (Å²) in [6, 6.07) is 0. The molecular formula is C13H22N2O. The van der Waals surface area contributed by atoms with Crippen LogP contribution >= 0.6 is 0 Å². The van der Waals surface area contributed by atoms with Crippen LogP contribution in [0.15, 0.2) is 11.8 Å². The number of ketones is 1. The Labute approximate surface area is 97.9 Å². The van der Waals surface area contributed by atoms with Gasteiger partial charge in [0, 0.05) is 33.5 Å². The molecule has 16 heavy (non-hydrogen) atoms. The molecule has 90 valence electrons. The molecule has 1 heterocycles. The molecule has 1 saturated heterocycles. The molecule has 1 saturated carbocycles. The zero-order valence-corrected chi connectivity index (χ0v) is 10.4. The number of hydrogen-bond donors (Lipinski definition) is 1. The van der Waals surface area contributed by atoms with Crippen molar-refractivity contribution in [2.75, 3.05) is 27.2 Å². The van der Waals surface area contributed by atoms with E-state index < -0.39 is 0 Å². The van der Waals surface area contributed by atoms with E-state index in [-0.39, 0.29) is 0 Å². The number of carbonyl (C=O) groups is 1. The molecule has 2 aliphatic rings. The molecule has 1 aliphatic carbocycles. The van der Waals surface area contributed by atoms with Gasteiger partial charge in [-0.15, -0.1) is 0 Å². The summed E-state index contributed by atoms with van der Waals surface area (Å²) in [5.74, 6) is 0.452. The Morgan fingerprint density at radius 2 is 1.94 bits per heavy atom. The second-order valence-electron chi connectivity index (χ2n) is 5.36. The van der Waals surface area contributed by atoms with Gasteiger partial charge in [-0.25, -0.2) is 0 Å². The first-order valence-corrected chi connectivity index (χ1v) is 6.22. The van der Waals surface area contributed by atoms with E-state index in [0.29, 0.717) is 11.2 Å². The molecule has 0 aromatic carbocycles. The van der Waals surface area contributed by atoms with Crippen LogP contribution in [0.4, 0.5) is 0 Å². The molecule has 3 nitrogen and oxygen atoms in total. The van der Waals surface area contributed by atoms with Gasteiger partial charge in [-0.2, -0.15) is 0 Å². The van der Waals surface area contributed by atoms with Gasteiger partial charge < -0.3 is 10.2 Å². The van der Waals surface area contributed by atoms with Crippen molar-refractivity contribution >= 4 is 5.78 Å². The van der Waals surface area contributed by atoms with Crippen molar-refractivity contribution in [3.8, 4) is 0 Å². The Hall–Kier alpha value is -0.830. The second kappa shape index (κ2) is 4.58. The monoisotopic (exact) mass is 222 g/mol. The van der Waals surface area contributed by atoms with Crippen LogP contribution < -0.4 is 5.32 Å². The summed E-state index contributed by atoms with van der Waals surface area (Å²) in [5, 5.41) is 3.44. The van der Waals surface area contributed by atoms with Crippen molar-refractivity contribution in [2.24, 2.45) is 5.41 Å². The lowest BCUT2D eigenvalue weighted by Gasteiger charge is -2.43. The van der Waals surface area contributed by atoms with Crippen LogP contribution in [0.3, 0.4) is 0 Å². The van der Waals surface area contributed by atoms with E-state index in [9.17, 15) is 4.79 Å². The summed E-state index contributed by atoms with van der Waals surface area (Å²) in [6.45, 7) is 2.09. The van der Waals surface area contributed by atoms with E-state index in [1.165, 1.54) is 12.0 Å². The smallest absolute Gasteiger partial charge is 0.132 e. The topological polar surface area (TPSA) is 32.3 Å². The highest BCUT2D eigenvalue weighted by Crippen LogP contribution is 2.45. The number of rotatable bonds is 1. The lowest BCUT2D eigenvalue weighted by Crippen LogP contribution is -2.42. The van der Waals surface area contributed by atoms with Crippen LogP contribution in [0.5, 0.6) is 0 Å². The first-order chi connectivity index (χ1) is 7.62. The highest BCUT2D eigenvalue weighted by atomic mass is 16.1. The quantitative estimate of drug-likeness (QED) is 0.730. The highest BCUT2D eigenvalue weighted by molar-refractivity contribution is 5.79. The molecule has 1 aliphatic heterocycles. The lowest BCUT2D eigenvalue weighted by atomic mass is 9.65. The van der Waals surface area contributed by atoms with Crippen molar-refractivity contribution in [2.45, 2.75) is 32.1 Å². The Bertz CT molecular complexity index is 297. The lowest BCUT2D eigenvalue weighted by molar-refractivity contribution is -0.122. The summed E-state index contributed by atoms with van der Waals surface area (Å²) in [4.78, 5) is 13.5. The second-order valence-corrected chi connectivity index (χ2v) is 5.36. The van der Waals surface area contributed by atoms with E-state index in [0.717, 1.165) is 38.8 Å². The van der Waals surface area contributed by atoms with Crippen molar-refractivity contribution in [3.63, 3.8) is 0 Å². The van der Waals surface area contributed by atoms with Gasteiger partial charge in [0.1, 0.15) is 5.78 Å². The van der Waals surface area contributed by atoms with Gasteiger partial charge in [-0.3, -0.25) is 4.79 Å². The minimum Gasteiger partial charge on any atom is -0.383 e. The zero-order valence-electron chi connectivity index (χ0n) is 10.4. The maximum absolute atomic E-state index is 11.4. The van der Waals surface area contributed by atoms with Crippen LogP contribution in [-0.4, -0.2) is 37.9 Å². The molecule has 0 bridgehead atoms. The molecule has 3 heteroatoms. The van der Waals surface area contributed by atoms with Crippen LogP contribution in [0.1, 0.15) is 32.1 Å². The van der Waals surface area contributed by atoms with Crippen molar-refractivity contribution in [3.05, 3.63) is 11.8 Å². The third-order valence-electron chi connectivity index (χ3n) is 3.96. The fourth-order valence-electron chi connectivity index (χ4n) is 2.97. The largest absolute Gasteiger partial charge is 0.383 e. The number of hydrogen-bond acceptors (Lipinski definition) is 3. The molecule has 1 N–H and O–H groups in total. The molecule has 2 fully saturated rings. The van der Waals surface area contributed by atoms with Crippen LogP contribution in [0.25, 0.3) is 0 Å². The van der Waals surface area contributed by atoms with Crippen molar-refractivity contribution in [1.29, 1.82) is 0 Å². The number of piperidine rings is 1. The van der Waals surface area contributed by atoms with Crippen LogP contribution in [0.2, 0.25) is 0 Å². The van der Waals surface area contributed by atoms with E-state index >= 15 is 0 Å². The number of carbonyl (C=O) groups excluding carboxylic acids is 1. The summed E-state index contributed by atoms with van der Waals surface area (Å²) in [7, 11) is 4.15. The van der Waals surface area contributed by atoms with E-state index in [4.69, 9.17) is 0 Å². The van der Waals surface area contributed by atoms with Gasteiger partial charge in [-0.1, -0.05) is 0 Å². The van der Waals surface area contributed by atoms with Gasteiger partial charge in [-0.05, 0) is 43.0 Å². The molecule has 0 aromatic heterocycles.